The van der Waals surface area contributed by atoms with Gasteiger partial charge in [0, 0.05) is 11.7 Å². The highest BCUT2D eigenvalue weighted by molar-refractivity contribution is 6.09. The van der Waals surface area contributed by atoms with Crippen molar-refractivity contribution in [2.45, 2.75) is 50.4 Å². The van der Waals surface area contributed by atoms with Crippen LogP contribution in [0.5, 0.6) is 0 Å². The van der Waals surface area contributed by atoms with Crippen LogP contribution in [-0.4, -0.2) is 17.9 Å². The Labute approximate surface area is 187 Å². The number of rotatable bonds is 5. The molecule has 2 amide bonds. The maximum atomic E-state index is 14.0. The van der Waals surface area contributed by atoms with Crippen LogP contribution in [0.2, 0.25) is 0 Å². The van der Waals surface area contributed by atoms with E-state index in [1.54, 1.807) is 0 Å². The van der Waals surface area contributed by atoms with E-state index in [4.69, 9.17) is 6.42 Å². The lowest BCUT2D eigenvalue weighted by Gasteiger charge is -2.32. The van der Waals surface area contributed by atoms with Crippen molar-refractivity contribution in [2.24, 2.45) is 0 Å². The second-order valence-electron chi connectivity index (χ2n) is 7.79. The van der Waals surface area contributed by atoms with Gasteiger partial charge in [0.05, 0.1) is 5.56 Å². The van der Waals surface area contributed by atoms with Crippen molar-refractivity contribution >= 4 is 17.5 Å². The number of carbonyl (C=O) groups excluding carboxylic acids is 2. The number of carbonyl (C=O) groups is 2. The minimum absolute atomic E-state index is 0.136. The number of terminal acetylenes is 1. The van der Waals surface area contributed by atoms with Gasteiger partial charge in [-0.2, -0.15) is 13.2 Å². The monoisotopic (exact) mass is 464 g/mol. The van der Waals surface area contributed by atoms with Gasteiger partial charge in [-0.05, 0) is 54.7 Å². The SMILES string of the molecule is C#CC(=O)N(c1cccc(C(F)(F)F)c1)C(C(=O)NC1CCCCC1)c1ccc(F)c(F)c1. The van der Waals surface area contributed by atoms with Gasteiger partial charge in [0.15, 0.2) is 11.6 Å². The van der Waals surface area contributed by atoms with E-state index in [-0.39, 0.29) is 17.3 Å². The molecule has 9 heteroatoms. The summed E-state index contributed by atoms with van der Waals surface area (Å²) in [7, 11) is 0. The molecular formula is C24H21F5N2O2. The Morgan fingerprint density at radius 3 is 2.33 bits per heavy atom. The maximum Gasteiger partial charge on any atom is 0.416 e. The summed E-state index contributed by atoms with van der Waals surface area (Å²) in [6, 6.07) is 4.49. The lowest BCUT2D eigenvalue weighted by Crippen LogP contribution is -2.47. The van der Waals surface area contributed by atoms with Gasteiger partial charge in [0.1, 0.15) is 6.04 Å². The van der Waals surface area contributed by atoms with Gasteiger partial charge in [-0.1, -0.05) is 31.4 Å². The number of benzene rings is 2. The molecule has 2 aromatic rings. The number of nitrogens with one attached hydrogen (secondary N) is 1. The zero-order valence-electron chi connectivity index (χ0n) is 17.5. The van der Waals surface area contributed by atoms with E-state index in [9.17, 15) is 31.5 Å². The molecule has 33 heavy (non-hydrogen) atoms. The Balaban J connectivity index is 2.11. The van der Waals surface area contributed by atoms with Crippen LogP contribution in [0, 0.1) is 24.0 Å². The Morgan fingerprint density at radius 2 is 1.73 bits per heavy atom. The van der Waals surface area contributed by atoms with Crippen molar-refractivity contribution in [3.8, 4) is 12.3 Å². The minimum atomic E-state index is -4.72. The molecule has 0 aromatic heterocycles. The number of hydrogen-bond acceptors (Lipinski definition) is 2. The summed E-state index contributed by atoms with van der Waals surface area (Å²) in [5.41, 5.74) is -1.50. The lowest BCUT2D eigenvalue weighted by molar-refractivity contribution is -0.137. The molecule has 3 rings (SSSR count). The van der Waals surface area contributed by atoms with E-state index in [1.165, 1.54) is 6.07 Å². The molecule has 2 aromatic carbocycles. The second kappa shape index (κ2) is 10.0. The number of halogens is 5. The number of hydrogen-bond donors (Lipinski definition) is 1. The highest BCUT2D eigenvalue weighted by atomic mass is 19.4. The Hall–Kier alpha value is -3.41. The average molecular weight is 464 g/mol. The molecule has 1 saturated carbocycles. The van der Waals surface area contributed by atoms with Crippen LogP contribution in [0.4, 0.5) is 27.6 Å². The molecule has 0 bridgehead atoms. The van der Waals surface area contributed by atoms with Crippen molar-refractivity contribution in [1.82, 2.24) is 5.32 Å². The molecule has 0 radical (unpaired) electrons. The predicted molar refractivity (Wildman–Crippen MR) is 112 cm³/mol. The average Bonchev–Trinajstić information content (AvgIpc) is 2.79. The third-order valence-corrected chi connectivity index (χ3v) is 5.51. The van der Waals surface area contributed by atoms with Crippen molar-refractivity contribution in [2.75, 3.05) is 4.90 Å². The molecular weight excluding hydrogens is 443 g/mol. The molecule has 1 atom stereocenters. The third-order valence-electron chi connectivity index (χ3n) is 5.51. The van der Waals surface area contributed by atoms with Gasteiger partial charge < -0.3 is 5.32 Å². The fourth-order valence-corrected chi connectivity index (χ4v) is 3.91. The molecule has 0 heterocycles. The summed E-state index contributed by atoms with van der Waals surface area (Å²) in [5.74, 6) is -2.51. The quantitative estimate of drug-likeness (QED) is 0.492. The van der Waals surface area contributed by atoms with Crippen LogP contribution in [0.3, 0.4) is 0 Å². The Bertz CT molecular complexity index is 1070. The first-order valence-corrected chi connectivity index (χ1v) is 10.3. The zero-order valence-corrected chi connectivity index (χ0v) is 17.5. The first-order valence-electron chi connectivity index (χ1n) is 10.3. The summed E-state index contributed by atoms with van der Waals surface area (Å²) < 4.78 is 67.5. The topological polar surface area (TPSA) is 49.4 Å². The summed E-state index contributed by atoms with van der Waals surface area (Å²) >= 11 is 0. The molecule has 1 aliphatic rings. The summed E-state index contributed by atoms with van der Waals surface area (Å²) in [6.45, 7) is 0. The molecule has 1 N–H and O–H groups in total. The van der Waals surface area contributed by atoms with E-state index in [0.717, 1.165) is 49.6 Å². The van der Waals surface area contributed by atoms with E-state index in [1.807, 2.05) is 5.92 Å². The second-order valence-corrected chi connectivity index (χ2v) is 7.79. The Morgan fingerprint density at radius 1 is 1.03 bits per heavy atom. The highest BCUT2D eigenvalue weighted by Gasteiger charge is 2.36. The summed E-state index contributed by atoms with van der Waals surface area (Å²) in [6.07, 6.45) is 4.66. The molecule has 1 unspecified atom stereocenters. The smallest absolute Gasteiger partial charge is 0.351 e. The molecule has 0 spiro atoms. The molecule has 174 valence electrons. The number of nitrogens with zero attached hydrogens (tertiary/aromatic N) is 1. The van der Waals surface area contributed by atoms with Crippen LogP contribution in [0.25, 0.3) is 0 Å². The van der Waals surface area contributed by atoms with Gasteiger partial charge in [-0.25, -0.2) is 8.78 Å². The number of amides is 2. The standard InChI is InChI=1S/C24H21F5N2O2/c1-2-21(32)31(18-10-6-7-16(14-18)24(27,28)29)22(15-11-12-19(25)20(26)13-15)23(33)30-17-8-4-3-5-9-17/h1,6-7,10-14,17,22H,3-5,8-9H2,(H,30,33). The Kier molecular flexibility index (Phi) is 7.36. The van der Waals surface area contributed by atoms with Crippen molar-refractivity contribution in [1.29, 1.82) is 0 Å². The molecule has 4 nitrogen and oxygen atoms in total. The molecule has 1 aliphatic carbocycles. The zero-order chi connectivity index (χ0) is 24.2. The van der Waals surface area contributed by atoms with E-state index >= 15 is 0 Å². The fraction of sp³-hybridized carbons (Fsp3) is 0.333. The van der Waals surface area contributed by atoms with Crippen molar-refractivity contribution in [3.05, 3.63) is 65.2 Å². The minimum Gasteiger partial charge on any atom is -0.351 e. The van der Waals surface area contributed by atoms with E-state index < -0.39 is 41.2 Å². The largest absolute Gasteiger partial charge is 0.416 e. The van der Waals surface area contributed by atoms with Crippen LogP contribution < -0.4 is 10.2 Å². The van der Waals surface area contributed by atoms with Crippen LogP contribution in [-0.2, 0) is 15.8 Å². The van der Waals surface area contributed by atoms with Crippen molar-refractivity contribution < 1.29 is 31.5 Å². The van der Waals surface area contributed by atoms with Gasteiger partial charge in [-0.3, -0.25) is 14.5 Å². The van der Waals surface area contributed by atoms with Crippen LogP contribution >= 0.6 is 0 Å². The molecule has 0 saturated heterocycles. The highest BCUT2D eigenvalue weighted by Crippen LogP contribution is 2.35. The fourth-order valence-electron chi connectivity index (χ4n) is 3.91. The summed E-state index contributed by atoms with van der Waals surface area (Å²) in [5, 5.41) is 2.79. The molecule has 1 fully saturated rings. The van der Waals surface area contributed by atoms with Gasteiger partial charge >= 0.3 is 12.1 Å². The van der Waals surface area contributed by atoms with Gasteiger partial charge in [0.25, 0.3) is 0 Å². The third kappa shape index (κ3) is 5.69. The normalized spacial score (nSPS) is 15.4. The lowest BCUT2D eigenvalue weighted by atomic mass is 9.94. The first kappa shape index (κ1) is 24.2. The number of anilines is 1. The van der Waals surface area contributed by atoms with Gasteiger partial charge in [0.2, 0.25) is 5.91 Å². The van der Waals surface area contributed by atoms with E-state index in [0.29, 0.717) is 23.8 Å². The van der Waals surface area contributed by atoms with Crippen LogP contribution in [0.1, 0.15) is 49.3 Å². The maximum absolute atomic E-state index is 14.0. The predicted octanol–water partition coefficient (Wildman–Crippen LogP) is 5.14. The van der Waals surface area contributed by atoms with Crippen molar-refractivity contribution in [3.63, 3.8) is 0 Å². The molecule has 0 aliphatic heterocycles. The van der Waals surface area contributed by atoms with E-state index in [2.05, 4.69) is 5.32 Å². The number of alkyl halides is 3. The van der Waals surface area contributed by atoms with Gasteiger partial charge in [-0.15, -0.1) is 6.42 Å². The first-order chi connectivity index (χ1) is 15.6. The summed E-state index contributed by atoms with van der Waals surface area (Å²) in [4.78, 5) is 26.7. The van der Waals surface area contributed by atoms with Crippen LogP contribution in [0.15, 0.2) is 42.5 Å².